The summed E-state index contributed by atoms with van der Waals surface area (Å²) in [4.78, 5) is 59.2. The fourth-order valence-electron chi connectivity index (χ4n) is 4.74. The maximum atomic E-state index is 15.9. The second kappa shape index (κ2) is 11.1. The summed E-state index contributed by atoms with van der Waals surface area (Å²) < 4.78 is 66.5. The van der Waals surface area contributed by atoms with E-state index in [1.807, 2.05) is 4.98 Å². The first kappa shape index (κ1) is 29.9. The Hall–Kier alpha value is -2.13. The molecule has 3 aliphatic heterocycles. The molecule has 3 saturated heterocycles. The van der Waals surface area contributed by atoms with Gasteiger partial charge in [-0.1, -0.05) is 0 Å². The Kier molecular flexibility index (Phi) is 7.91. The van der Waals surface area contributed by atoms with Gasteiger partial charge >= 0.3 is 19.1 Å². The fraction of sp³-hybridized carbons (Fsp3) is 0.526. The number of aromatic amines is 1. The molecule has 0 aliphatic carbocycles. The van der Waals surface area contributed by atoms with E-state index >= 15 is 8.78 Å². The zero-order valence-corrected chi connectivity index (χ0v) is 24.2. The van der Waals surface area contributed by atoms with Crippen LogP contribution in [0.3, 0.4) is 0 Å². The number of nitrogen functional groups attached to an aromatic ring is 1. The van der Waals surface area contributed by atoms with Crippen LogP contribution in [0.25, 0.3) is 11.2 Å². The molecular weight excluding hydrogens is 650 g/mol. The maximum Gasteiger partial charge on any atom is 0.330 e. The third-order valence-corrected chi connectivity index (χ3v) is 9.75. The van der Waals surface area contributed by atoms with E-state index in [1.165, 1.54) is 10.9 Å². The van der Waals surface area contributed by atoms with Gasteiger partial charge in [0.25, 0.3) is 5.56 Å². The summed E-state index contributed by atoms with van der Waals surface area (Å²) in [6.07, 6.45) is -9.98. The molecule has 23 heteroatoms. The molecule has 17 nitrogen and oxygen atoms in total. The molecule has 4 unspecified atom stereocenters. The number of hydrogen-bond donors (Lipinski definition) is 4. The Balaban J connectivity index is 1.28. The highest BCUT2D eigenvalue weighted by Gasteiger charge is 2.53. The number of anilines is 1. The average Bonchev–Trinajstić information content (AvgIpc) is 3.57. The first-order valence-corrected chi connectivity index (χ1v) is 17.2. The zero-order valence-electron chi connectivity index (χ0n) is 20.8. The highest BCUT2D eigenvalue weighted by molar-refractivity contribution is 8.07. The van der Waals surface area contributed by atoms with E-state index in [1.54, 1.807) is 0 Å². The zero-order chi connectivity index (χ0) is 30.0. The van der Waals surface area contributed by atoms with Crippen molar-refractivity contribution in [1.82, 2.24) is 29.1 Å². The number of hydrogen-bond acceptors (Lipinski definition) is 14. The summed E-state index contributed by atoms with van der Waals surface area (Å²) in [5.74, 6) is 0.0437. The van der Waals surface area contributed by atoms with Gasteiger partial charge in [0.1, 0.15) is 36.3 Å². The van der Waals surface area contributed by atoms with Crippen molar-refractivity contribution in [2.75, 3.05) is 18.9 Å². The van der Waals surface area contributed by atoms with Crippen LogP contribution >= 0.6 is 13.4 Å². The molecule has 0 spiro atoms. The lowest BCUT2D eigenvalue weighted by Crippen LogP contribution is -2.38. The molecule has 3 fully saturated rings. The monoisotopic (exact) mass is 671 g/mol. The minimum Gasteiger partial charge on any atom is -0.382 e. The molecule has 0 amide bonds. The summed E-state index contributed by atoms with van der Waals surface area (Å²) >= 11 is 10.1. The molecule has 5 N–H and O–H groups in total. The predicted octanol–water partition coefficient (Wildman–Crippen LogP) is -0.320. The largest absolute Gasteiger partial charge is 0.382 e. The molecule has 42 heavy (non-hydrogen) atoms. The minimum absolute atomic E-state index is 0.0437. The van der Waals surface area contributed by atoms with Crippen LogP contribution < -0.4 is 17.0 Å². The number of nitrogens with two attached hydrogens (primary N) is 1. The van der Waals surface area contributed by atoms with Gasteiger partial charge in [-0.3, -0.25) is 28.0 Å². The lowest BCUT2D eigenvalue weighted by molar-refractivity contribution is -0.0596. The molecule has 3 aromatic heterocycles. The van der Waals surface area contributed by atoms with E-state index in [0.717, 1.165) is 23.2 Å². The quantitative estimate of drug-likeness (QED) is 0.257. The third kappa shape index (κ3) is 5.60. The number of nitrogens with zero attached hydrogens (tertiary/aromatic N) is 5. The smallest absolute Gasteiger partial charge is 0.330 e. The van der Waals surface area contributed by atoms with Crippen LogP contribution in [0.5, 0.6) is 0 Å². The van der Waals surface area contributed by atoms with Crippen LogP contribution in [0.4, 0.5) is 14.6 Å². The van der Waals surface area contributed by atoms with Crippen LogP contribution in [0.15, 0.2) is 34.5 Å². The molecule has 10 atom stereocenters. The van der Waals surface area contributed by atoms with E-state index in [-0.39, 0.29) is 17.0 Å². The number of halogens is 2. The summed E-state index contributed by atoms with van der Waals surface area (Å²) in [5, 5.41) is 0. The van der Waals surface area contributed by atoms with Crippen molar-refractivity contribution in [3.8, 4) is 0 Å². The number of rotatable bonds is 2. The molecule has 6 rings (SSSR count). The van der Waals surface area contributed by atoms with Crippen molar-refractivity contribution >= 4 is 54.0 Å². The van der Waals surface area contributed by atoms with Crippen molar-refractivity contribution < 1.29 is 46.1 Å². The molecule has 0 radical (unpaired) electrons. The fourth-order valence-corrected chi connectivity index (χ4v) is 7.62. The molecular formula is C19H21F2N7O10P2S2. The van der Waals surface area contributed by atoms with Crippen molar-refractivity contribution in [3.05, 3.63) is 45.8 Å². The van der Waals surface area contributed by atoms with Gasteiger partial charge in [-0.15, -0.1) is 0 Å². The normalized spacial score (nSPS) is 39.3. The molecule has 6 heterocycles. The van der Waals surface area contributed by atoms with Gasteiger partial charge in [0.05, 0.1) is 19.5 Å². The average molecular weight is 671 g/mol. The Morgan fingerprint density at radius 1 is 0.952 bits per heavy atom. The maximum absolute atomic E-state index is 15.9. The Morgan fingerprint density at radius 2 is 1.52 bits per heavy atom. The van der Waals surface area contributed by atoms with Gasteiger partial charge in [0, 0.05) is 12.3 Å². The van der Waals surface area contributed by atoms with E-state index in [9.17, 15) is 19.4 Å². The molecule has 3 aliphatic rings. The van der Waals surface area contributed by atoms with Crippen LogP contribution in [-0.4, -0.2) is 88.8 Å². The number of nitrogens with one attached hydrogen (secondary N) is 1. The van der Waals surface area contributed by atoms with Crippen LogP contribution in [0.1, 0.15) is 12.5 Å². The number of fused-ring (bicyclic) bond motifs is 3. The van der Waals surface area contributed by atoms with Crippen molar-refractivity contribution in [2.24, 2.45) is 0 Å². The summed E-state index contributed by atoms with van der Waals surface area (Å²) in [6, 6.07) is 0.967. The third-order valence-electron chi connectivity index (χ3n) is 6.63. The summed E-state index contributed by atoms with van der Waals surface area (Å²) in [6.45, 7) is -9.91. The number of H-pyrrole nitrogens is 1. The van der Waals surface area contributed by atoms with Crippen LogP contribution in [0, 0.1) is 0 Å². The van der Waals surface area contributed by atoms with Gasteiger partial charge in [-0.05, 0) is 23.6 Å². The lowest BCUT2D eigenvalue weighted by atomic mass is 10.1. The molecule has 228 valence electrons. The van der Waals surface area contributed by atoms with E-state index in [4.69, 9.17) is 56.9 Å². The van der Waals surface area contributed by atoms with Crippen LogP contribution in [0.2, 0.25) is 0 Å². The summed E-state index contributed by atoms with van der Waals surface area (Å²) in [5.41, 5.74) is 4.41. The minimum atomic E-state index is -4.29. The van der Waals surface area contributed by atoms with Gasteiger partial charge in [-0.2, -0.15) is 0 Å². The van der Waals surface area contributed by atoms with E-state index < -0.39 is 87.1 Å². The topological polar surface area (TPSA) is 220 Å². The second-order valence-corrected chi connectivity index (χ2v) is 14.9. The number of ether oxygens (including phenoxy) is 2. The van der Waals surface area contributed by atoms with Gasteiger partial charge in [-0.25, -0.2) is 28.5 Å². The molecule has 3 aromatic rings. The first-order chi connectivity index (χ1) is 19.8. The van der Waals surface area contributed by atoms with E-state index in [0.29, 0.717) is 0 Å². The second-order valence-electron chi connectivity index (χ2n) is 9.29. The number of imidazole rings is 1. The Morgan fingerprint density at radius 3 is 2.10 bits per heavy atom. The first-order valence-electron chi connectivity index (χ1n) is 12.0. The molecule has 0 bridgehead atoms. The van der Waals surface area contributed by atoms with Crippen molar-refractivity contribution in [1.29, 1.82) is 0 Å². The van der Waals surface area contributed by atoms with Gasteiger partial charge in [0.2, 0.25) is 0 Å². The number of aromatic nitrogens is 6. The Labute approximate surface area is 243 Å². The standard InChI is InChI=1S/C19H21F2N7O10P2S2/c20-10-13-7(35-17(10)27-2-1-9(29)26-19(27)30)3-33-40(32,42)38-14-8(4-34-39(31,41)37-13)36-18(11(14)21)28-6-25-12-15(22)23-5-24-16(12)28/h1-2,5-8,10-11,13-14,17-18H,3-4H2,(H,31,41)(H,32,42)(H2,22,23,24)(H,26,29,30)/t7-,8-,10?,11+,13+,14?,17-,18-,39?,40?/m1/s1. The Bertz CT molecular complexity index is 1730. The lowest BCUT2D eigenvalue weighted by Gasteiger charge is -2.29. The van der Waals surface area contributed by atoms with Gasteiger partial charge < -0.3 is 34.0 Å². The predicted molar refractivity (Wildman–Crippen MR) is 143 cm³/mol. The van der Waals surface area contributed by atoms with Crippen LogP contribution in [-0.2, 0) is 51.2 Å². The van der Waals surface area contributed by atoms with E-state index in [2.05, 4.69) is 15.0 Å². The summed E-state index contributed by atoms with van der Waals surface area (Å²) in [7, 11) is 0. The van der Waals surface area contributed by atoms with Crippen molar-refractivity contribution in [2.45, 2.75) is 49.2 Å². The van der Waals surface area contributed by atoms with Gasteiger partial charge in [0.15, 0.2) is 36.3 Å². The molecule has 0 aromatic carbocycles. The highest BCUT2D eigenvalue weighted by Crippen LogP contribution is 2.54. The highest BCUT2D eigenvalue weighted by atomic mass is 32.5. The number of alkyl halides is 2. The molecule has 0 saturated carbocycles. The van der Waals surface area contributed by atoms with Crippen molar-refractivity contribution in [3.63, 3.8) is 0 Å². The SMILES string of the molecule is Nc1ncnc2c1ncn2[C@@H]1O[C@@H]2COP(O)(=S)O[C@@H]3C(F)[C@H](n4ccc(=O)[nH]c4=O)O[C@@H]3COP(O)(=S)OC2[C@@H]1F.